The van der Waals surface area contributed by atoms with E-state index in [1.54, 1.807) is 40.4 Å². The first-order valence-corrected chi connectivity index (χ1v) is 9.55. The molecule has 0 unspecified atom stereocenters. The number of hydrogen-bond acceptors (Lipinski definition) is 6. The van der Waals surface area contributed by atoms with Crippen molar-refractivity contribution in [3.63, 3.8) is 0 Å². The van der Waals surface area contributed by atoms with Gasteiger partial charge in [-0.15, -0.1) is 0 Å². The smallest absolute Gasteiger partial charge is 0.325 e. The molecule has 152 valence electrons. The second-order valence-corrected chi connectivity index (χ2v) is 6.97. The number of anilines is 1. The van der Waals surface area contributed by atoms with Crippen molar-refractivity contribution in [2.45, 2.75) is 12.5 Å². The fourth-order valence-electron chi connectivity index (χ4n) is 3.56. The van der Waals surface area contributed by atoms with Gasteiger partial charge in [-0.3, -0.25) is 14.7 Å². The number of carbonyl (C=O) groups excluding carboxylic acids is 2. The second kappa shape index (κ2) is 8.34. The molecule has 0 bridgehead atoms. The number of hydrogen-bond donors (Lipinski definition) is 0. The summed E-state index contributed by atoms with van der Waals surface area (Å²) in [7, 11) is 1.60. The maximum absolute atomic E-state index is 12.7. The Hall–Kier alpha value is -3.36. The van der Waals surface area contributed by atoms with Gasteiger partial charge in [-0.2, -0.15) is 0 Å². The molecule has 0 aliphatic carbocycles. The Morgan fingerprint density at radius 2 is 2.00 bits per heavy atom. The van der Waals surface area contributed by atoms with E-state index in [1.165, 1.54) is 0 Å². The molecule has 0 saturated carbocycles. The fraction of sp³-hybridized carbons (Fsp3) is 0.400. The van der Waals surface area contributed by atoms with Crippen molar-refractivity contribution in [2.24, 2.45) is 0 Å². The quantitative estimate of drug-likeness (QED) is 0.732. The van der Waals surface area contributed by atoms with Crippen LogP contribution in [0.2, 0.25) is 0 Å². The maximum atomic E-state index is 12.7. The Labute approximate surface area is 168 Å². The number of aromatic nitrogens is 2. The summed E-state index contributed by atoms with van der Waals surface area (Å²) in [5.41, 5.74) is 0.796. The van der Waals surface area contributed by atoms with E-state index in [1.807, 2.05) is 24.3 Å². The third kappa shape index (κ3) is 4.23. The van der Waals surface area contributed by atoms with Crippen LogP contribution < -0.4 is 14.4 Å². The summed E-state index contributed by atoms with van der Waals surface area (Å²) in [6, 6.07) is 7.17. The predicted octanol–water partition coefficient (Wildman–Crippen LogP) is 1.41. The molecular formula is C20H23N5O4. The second-order valence-electron chi connectivity index (χ2n) is 6.97. The van der Waals surface area contributed by atoms with Crippen LogP contribution >= 0.6 is 0 Å². The van der Waals surface area contributed by atoms with Gasteiger partial charge < -0.3 is 19.3 Å². The molecule has 9 heteroatoms. The van der Waals surface area contributed by atoms with Crippen molar-refractivity contribution in [3.8, 4) is 11.6 Å². The van der Waals surface area contributed by atoms with E-state index in [0.29, 0.717) is 32.1 Å². The molecule has 1 atom stereocenters. The standard InChI is InChI=1S/C20H23N5O4/c1-28-16-4-2-15(3-5-16)25-11-10-24(20(25)27)14-19(26)23-9-6-17(13-23)29-18-12-21-7-8-22-18/h2-5,7-8,12,17H,6,9-11,13-14H2,1H3/t17-/m0/s1. The minimum atomic E-state index is -0.157. The van der Waals surface area contributed by atoms with Gasteiger partial charge in [0.05, 0.1) is 19.9 Å². The number of amides is 3. The molecule has 9 nitrogen and oxygen atoms in total. The highest BCUT2D eigenvalue weighted by Gasteiger charge is 2.34. The van der Waals surface area contributed by atoms with E-state index in [-0.39, 0.29) is 24.6 Å². The first-order chi connectivity index (χ1) is 14.1. The van der Waals surface area contributed by atoms with Crippen LogP contribution in [0.25, 0.3) is 0 Å². The van der Waals surface area contributed by atoms with Gasteiger partial charge in [-0.1, -0.05) is 0 Å². The molecule has 4 rings (SSSR count). The lowest BCUT2D eigenvalue weighted by molar-refractivity contribution is -0.130. The topological polar surface area (TPSA) is 88.1 Å². The van der Waals surface area contributed by atoms with Gasteiger partial charge in [-0.25, -0.2) is 9.78 Å². The lowest BCUT2D eigenvalue weighted by Crippen LogP contribution is -2.42. The van der Waals surface area contributed by atoms with Crippen LogP contribution in [0.1, 0.15) is 6.42 Å². The Morgan fingerprint density at radius 3 is 2.72 bits per heavy atom. The molecular weight excluding hydrogens is 374 g/mol. The zero-order chi connectivity index (χ0) is 20.2. The van der Waals surface area contributed by atoms with E-state index in [4.69, 9.17) is 9.47 Å². The number of ether oxygens (including phenoxy) is 2. The fourth-order valence-corrected chi connectivity index (χ4v) is 3.56. The van der Waals surface area contributed by atoms with Crippen LogP contribution in [-0.2, 0) is 4.79 Å². The number of nitrogens with zero attached hydrogens (tertiary/aromatic N) is 5. The van der Waals surface area contributed by atoms with Gasteiger partial charge in [0.2, 0.25) is 11.8 Å². The first kappa shape index (κ1) is 19.0. The van der Waals surface area contributed by atoms with Crippen molar-refractivity contribution >= 4 is 17.6 Å². The highest BCUT2D eigenvalue weighted by Crippen LogP contribution is 2.23. The highest BCUT2D eigenvalue weighted by molar-refractivity contribution is 5.96. The summed E-state index contributed by atoms with van der Waals surface area (Å²) in [6.45, 7) is 2.23. The molecule has 29 heavy (non-hydrogen) atoms. The molecule has 2 aliphatic rings. The van der Waals surface area contributed by atoms with E-state index in [0.717, 1.165) is 17.9 Å². The van der Waals surface area contributed by atoms with Gasteiger partial charge >= 0.3 is 6.03 Å². The number of carbonyl (C=O) groups is 2. The zero-order valence-corrected chi connectivity index (χ0v) is 16.2. The van der Waals surface area contributed by atoms with Crippen molar-refractivity contribution in [1.29, 1.82) is 0 Å². The summed E-state index contributed by atoms with van der Waals surface area (Å²) < 4.78 is 10.9. The molecule has 2 saturated heterocycles. The van der Waals surface area contributed by atoms with E-state index < -0.39 is 0 Å². The Morgan fingerprint density at radius 1 is 1.17 bits per heavy atom. The van der Waals surface area contributed by atoms with Crippen molar-refractivity contribution in [1.82, 2.24) is 19.8 Å². The molecule has 3 amide bonds. The average molecular weight is 397 g/mol. The van der Waals surface area contributed by atoms with Gasteiger partial charge in [-0.05, 0) is 24.3 Å². The zero-order valence-electron chi connectivity index (χ0n) is 16.2. The molecule has 3 heterocycles. The number of methoxy groups -OCH3 is 1. The third-order valence-corrected chi connectivity index (χ3v) is 5.13. The first-order valence-electron chi connectivity index (χ1n) is 9.55. The Balaban J connectivity index is 1.30. The molecule has 1 aromatic carbocycles. The molecule has 2 fully saturated rings. The average Bonchev–Trinajstić information content (AvgIpc) is 3.36. The van der Waals surface area contributed by atoms with E-state index in [9.17, 15) is 9.59 Å². The number of likely N-dealkylation sites (tertiary alicyclic amines) is 1. The summed E-state index contributed by atoms with van der Waals surface area (Å²) in [5, 5.41) is 0. The monoisotopic (exact) mass is 397 g/mol. The summed E-state index contributed by atoms with van der Waals surface area (Å²) in [5.74, 6) is 1.12. The van der Waals surface area contributed by atoms with Gasteiger partial charge in [0.1, 0.15) is 18.4 Å². The van der Waals surface area contributed by atoms with Crippen molar-refractivity contribution in [2.75, 3.05) is 44.7 Å². The lowest BCUT2D eigenvalue weighted by Gasteiger charge is -2.22. The molecule has 1 aromatic heterocycles. The Kier molecular flexibility index (Phi) is 5.46. The van der Waals surface area contributed by atoms with Crippen LogP contribution in [0.3, 0.4) is 0 Å². The third-order valence-electron chi connectivity index (χ3n) is 5.13. The number of urea groups is 1. The highest BCUT2D eigenvalue weighted by atomic mass is 16.5. The predicted molar refractivity (Wildman–Crippen MR) is 105 cm³/mol. The van der Waals surface area contributed by atoms with Gasteiger partial charge in [0.25, 0.3) is 0 Å². The van der Waals surface area contributed by atoms with Crippen LogP contribution in [-0.4, -0.2) is 77.6 Å². The molecule has 0 N–H and O–H groups in total. The molecule has 0 radical (unpaired) electrons. The van der Waals surface area contributed by atoms with Crippen molar-refractivity contribution in [3.05, 3.63) is 42.9 Å². The van der Waals surface area contributed by atoms with Gasteiger partial charge in [0, 0.05) is 44.1 Å². The largest absolute Gasteiger partial charge is 0.497 e. The van der Waals surface area contributed by atoms with E-state index >= 15 is 0 Å². The van der Waals surface area contributed by atoms with Crippen LogP contribution in [0.5, 0.6) is 11.6 Å². The summed E-state index contributed by atoms with van der Waals surface area (Å²) >= 11 is 0. The van der Waals surface area contributed by atoms with Crippen LogP contribution in [0, 0.1) is 0 Å². The SMILES string of the molecule is COc1ccc(N2CCN(CC(=O)N3CC[C@H](Oc4cnccn4)C3)C2=O)cc1. The maximum Gasteiger partial charge on any atom is 0.325 e. The molecule has 0 spiro atoms. The summed E-state index contributed by atoms with van der Waals surface area (Å²) in [4.78, 5) is 38.5. The summed E-state index contributed by atoms with van der Waals surface area (Å²) in [6.07, 6.45) is 5.33. The van der Waals surface area contributed by atoms with Gasteiger partial charge in [0.15, 0.2) is 0 Å². The molecule has 2 aromatic rings. The van der Waals surface area contributed by atoms with Crippen LogP contribution in [0.4, 0.5) is 10.5 Å². The Bertz CT molecular complexity index is 861. The van der Waals surface area contributed by atoms with Crippen molar-refractivity contribution < 1.29 is 19.1 Å². The van der Waals surface area contributed by atoms with Crippen LogP contribution in [0.15, 0.2) is 42.9 Å². The minimum Gasteiger partial charge on any atom is -0.497 e. The lowest BCUT2D eigenvalue weighted by atomic mass is 10.3. The normalized spacial score (nSPS) is 19.0. The number of benzene rings is 1. The van der Waals surface area contributed by atoms with E-state index in [2.05, 4.69) is 9.97 Å². The minimum absolute atomic E-state index is 0.0693. The number of rotatable bonds is 6. The molecule has 2 aliphatic heterocycles.